The third-order valence-corrected chi connectivity index (χ3v) is 2.49. The summed E-state index contributed by atoms with van der Waals surface area (Å²) in [4.78, 5) is 18.8. The number of hydrogen-bond acceptors (Lipinski definition) is 6. The van der Waals surface area contributed by atoms with Gasteiger partial charge in [0.1, 0.15) is 5.82 Å². The van der Waals surface area contributed by atoms with Gasteiger partial charge in [-0.3, -0.25) is 0 Å². The van der Waals surface area contributed by atoms with Gasteiger partial charge >= 0.3 is 5.97 Å². The number of aromatic nitrogens is 3. The van der Waals surface area contributed by atoms with Crippen LogP contribution in [-0.4, -0.2) is 26.2 Å². The predicted molar refractivity (Wildman–Crippen MR) is 62.6 cm³/mol. The van der Waals surface area contributed by atoms with Gasteiger partial charge in [0, 0.05) is 13.1 Å². The topological polar surface area (TPSA) is 101 Å². The number of halogens is 1. The number of carboxylic acids is 1. The number of anilines is 1. The summed E-state index contributed by atoms with van der Waals surface area (Å²) in [6, 6.07) is 1.33. The van der Waals surface area contributed by atoms with Gasteiger partial charge in [-0.1, -0.05) is 16.8 Å². The molecule has 0 aliphatic carbocycles. The van der Waals surface area contributed by atoms with Gasteiger partial charge in [0.05, 0.1) is 17.1 Å². The molecule has 2 aromatic heterocycles. The highest BCUT2D eigenvalue weighted by molar-refractivity contribution is 6.35. The highest BCUT2D eigenvalue weighted by Gasteiger charge is 2.13. The minimum absolute atomic E-state index is 0.0153. The third kappa shape index (κ3) is 2.57. The van der Waals surface area contributed by atoms with E-state index in [0.717, 1.165) is 0 Å². The summed E-state index contributed by atoms with van der Waals surface area (Å²) >= 11 is 5.91. The fourth-order valence-corrected chi connectivity index (χ4v) is 1.57. The Labute approximate surface area is 107 Å². The molecular formula is C10H9ClN4O3. The Kier molecular flexibility index (Phi) is 3.42. The molecule has 94 valence electrons. The molecule has 0 saturated carbocycles. The predicted octanol–water partition coefficient (Wildman–Crippen LogP) is 1.74. The van der Waals surface area contributed by atoms with Gasteiger partial charge in [0.2, 0.25) is 5.89 Å². The Morgan fingerprint density at radius 2 is 2.39 bits per heavy atom. The first kappa shape index (κ1) is 12.3. The van der Waals surface area contributed by atoms with Crippen molar-refractivity contribution in [1.82, 2.24) is 15.1 Å². The lowest BCUT2D eigenvalue weighted by molar-refractivity contribution is 0.0697. The van der Waals surface area contributed by atoms with Gasteiger partial charge in [-0.2, -0.15) is 4.98 Å². The van der Waals surface area contributed by atoms with Crippen LogP contribution in [0, 0.1) is 6.92 Å². The number of nitrogens with one attached hydrogen (secondary N) is 1. The number of aromatic carboxylic acids is 1. The number of carbonyl (C=O) groups is 1. The highest BCUT2D eigenvalue weighted by atomic mass is 35.5. The smallest absolute Gasteiger partial charge is 0.337 e. The summed E-state index contributed by atoms with van der Waals surface area (Å²) in [5.41, 5.74) is -0.0153. The Balaban J connectivity index is 2.14. The average Bonchev–Trinajstić information content (AvgIpc) is 2.73. The second kappa shape index (κ2) is 5.01. The molecule has 0 aromatic carbocycles. The van der Waals surface area contributed by atoms with Crippen molar-refractivity contribution in [3.63, 3.8) is 0 Å². The first-order valence-corrected chi connectivity index (χ1v) is 5.36. The molecule has 0 aliphatic rings. The van der Waals surface area contributed by atoms with E-state index in [1.165, 1.54) is 12.3 Å². The fraction of sp³-hybridized carbons (Fsp3) is 0.200. The molecule has 0 atom stereocenters. The SMILES string of the molecule is Cc1nc(CNc2nccc(C(=O)O)c2Cl)no1. The maximum atomic E-state index is 10.9. The minimum Gasteiger partial charge on any atom is -0.478 e. The third-order valence-electron chi connectivity index (χ3n) is 2.10. The van der Waals surface area contributed by atoms with Crippen molar-refractivity contribution in [1.29, 1.82) is 0 Å². The molecule has 7 nitrogen and oxygen atoms in total. The van der Waals surface area contributed by atoms with E-state index in [0.29, 0.717) is 11.7 Å². The zero-order chi connectivity index (χ0) is 13.1. The van der Waals surface area contributed by atoms with Crippen LogP contribution in [0.15, 0.2) is 16.8 Å². The quantitative estimate of drug-likeness (QED) is 0.871. The minimum atomic E-state index is -1.11. The van der Waals surface area contributed by atoms with Gasteiger partial charge in [0.15, 0.2) is 5.82 Å². The Morgan fingerprint density at radius 1 is 1.61 bits per heavy atom. The Hall–Kier alpha value is -2.15. The summed E-state index contributed by atoms with van der Waals surface area (Å²) in [6.45, 7) is 1.92. The standard InChI is InChI=1S/C10H9ClN4O3/c1-5-14-7(15-18-5)4-13-9-8(11)6(10(16)17)2-3-12-9/h2-3H,4H2,1H3,(H,12,13)(H,16,17). The van der Waals surface area contributed by atoms with Crippen molar-refractivity contribution in [2.75, 3.05) is 5.32 Å². The van der Waals surface area contributed by atoms with Crippen LogP contribution in [0.5, 0.6) is 0 Å². The Morgan fingerprint density at radius 3 is 3.00 bits per heavy atom. The lowest BCUT2D eigenvalue weighted by atomic mass is 10.2. The molecule has 0 radical (unpaired) electrons. The molecule has 2 N–H and O–H groups in total. The van der Waals surface area contributed by atoms with Crippen molar-refractivity contribution in [3.05, 3.63) is 34.6 Å². The largest absolute Gasteiger partial charge is 0.478 e. The lowest BCUT2D eigenvalue weighted by Crippen LogP contribution is -2.06. The van der Waals surface area contributed by atoms with E-state index >= 15 is 0 Å². The van der Waals surface area contributed by atoms with Gasteiger partial charge < -0.3 is 14.9 Å². The second-order valence-electron chi connectivity index (χ2n) is 3.41. The molecule has 8 heteroatoms. The first-order chi connectivity index (χ1) is 8.58. The fourth-order valence-electron chi connectivity index (χ4n) is 1.31. The van der Waals surface area contributed by atoms with E-state index in [9.17, 15) is 4.79 Å². The number of nitrogens with zero attached hydrogens (tertiary/aromatic N) is 3. The van der Waals surface area contributed by atoms with Gasteiger partial charge in [-0.05, 0) is 6.07 Å². The van der Waals surface area contributed by atoms with Gasteiger partial charge in [-0.25, -0.2) is 9.78 Å². The second-order valence-corrected chi connectivity index (χ2v) is 3.79. The van der Waals surface area contributed by atoms with Crippen LogP contribution in [0.2, 0.25) is 5.02 Å². The van der Waals surface area contributed by atoms with E-state index in [1.54, 1.807) is 6.92 Å². The summed E-state index contributed by atoms with van der Waals surface area (Å²) in [5.74, 6) is 0.0381. The van der Waals surface area contributed by atoms with Crippen LogP contribution in [0.3, 0.4) is 0 Å². The number of pyridine rings is 1. The summed E-state index contributed by atoms with van der Waals surface area (Å²) in [7, 11) is 0. The van der Waals surface area contributed by atoms with Gasteiger partial charge in [-0.15, -0.1) is 0 Å². The maximum Gasteiger partial charge on any atom is 0.337 e. The molecule has 0 amide bonds. The molecule has 0 fully saturated rings. The zero-order valence-corrected chi connectivity index (χ0v) is 10.1. The molecule has 0 bridgehead atoms. The number of carboxylic acid groups (broad SMARTS) is 1. The van der Waals surface area contributed by atoms with Crippen LogP contribution in [0.4, 0.5) is 5.82 Å². The number of aryl methyl sites for hydroxylation is 1. The average molecular weight is 269 g/mol. The van der Waals surface area contributed by atoms with Crippen LogP contribution >= 0.6 is 11.6 Å². The lowest BCUT2D eigenvalue weighted by Gasteiger charge is -2.06. The monoisotopic (exact) mass is 268 g/mol. The van der Waals surface area contributed by atoms with Crippen LogP contribution in [0.1, 0.15) is 22.1 Å². The Bertz CT molecular complexity index is 584. The van der Waals surface area contributed by atoms with E-state index in [-0.39, 0.29) is 22.9 Å². The van der Waals surface area contributed by atoms with E-state index < -0.39 is 5.97 Å². The molecule has 0 aliphatic heterocycles. The summed E-state index contributed by atoms with van der Waals surface area (Å²) in [6.07, 6.45) is 1.36. The molecule has 0 unspecified atom stereocenters. The van der Waals surface area contributed by atoms with Crippen molar-refractivity contribution in [3.8, 4) is 0 Å². The van der Waals surface area contributed by atoms with Gasteiger partial charge in [0.25, 0.3) is 0 Å². The molecule has 18 heavy (non-hydrogen) atoms. The molecule has 2 heterocycles. The van der Waals surface area contributed by atoms with E-state index in [4.69, 9.17) is 21.2 Å². The number of rotatable bonds is 4. The molecule has 2 aromatic rings. The van der Waals surface area contributed by atoms with Crippen LogP contribution in [0.25, 0.3) is 0 Å². The van der Waals surface area contributed by atoms with Crippen molar-refractivity contribution >= 4 is 23.4 Å². The van der Waals surface area contributed by atoms with E-state index in [2.05, 4.69) is 20.4 Å². The molecule has 0 saturated heterocycles. The van der Waals surface area contributed by atoms with Crippen molar-refractivity contribution in [2.45, 2.75) is 13.5 Å². The normalized spacial score (nSPS) is 10.3. The molecule has 0 spiro atoms. The molecular weight excluding hydrogens is 260 g/mol. The molecule has 2 rings (SSSR count). The summed E-state index contributed by atoms with van der Waals surface area (Å²) < 4.78 is 4.80. The first-order valence-electron chi connectivity index (χ1n) is 4.99. The van der Waals surface area contributed by atoms with Crippen molar-refractivity contribution in [2.24, 2.45) is 0 Å². The van der Waals surface area contributed by atoms with Crippen LogP contribution in [-0.2, 0) is 6.54 Å². The summed E-state index contributed by atoms with van der Waals surface area (Å²) in [5, 5.41) is 15.5. The van der Waals surface area contributed by atoms with E-state index in [1.807, 2.05) is 0 Å². The maximum absolute atomic E-state index is 10.9. The highest BCUT2D eigenvalue weighted by Crippen LogP contribution is 2.23. The zero-order valence-electron chi connectivity index (χ0n) is 9.35. The van der Waals surface area contributed by atoms with Crippen LogP contribution < -0.4 is 5.32 Å². The van der Waals surface area contributed by atoms with Crippen molar-refractivity contribution < 1.29 is 14.4 Å². The number of hydrogen-bond donors (Lipinski definition) is 2.